The van der Waals surface area contributed by atoms with E-state index >= 15 is 0 Å². The molecule has 0 bridgehead atoms. The molecule has 5 nitrogen and oxygen atoms in total. The van der Waals surface area contributed by atoms with Crippen LogP contribution in [0.3, 0.4) is 0 Å². The predicted octanol–water partition coefficient (Wildman–Crippen LogP) is 1.95. The molecule has 0 fully saturated rings. The number of benzene rings is 1. The average Bonchev–Trinajstić information content (AvgIpc) is 3.04. The number of hydrogen-bond donors (Lipinski definition) is 2. The van der Waals surface area contributed by atoms with Gasteiger partial charge in [-0.05, 0) is 36.8 Å². The van der Waals surface area contributed by atoms with Gasteiger partial charge in [-0.1, -0.05) is 12.1 Å². The Morgan fingerprint density at radius 1 is 1.29 bits per heavy atom. The van der Waals surface area contributed by atoms with E-state index in [0.717, 1.165) is 11.3 Å². The number of carbonyl (C=O) groups excluding carboxylic acids is 1. The van der Waals surface area contributed by atoms with Gasteiger partial charge >= 0.3 is 0 Å². The molecular formula is C16H17N3O2. The third-order valence-electron chi connectivity index (χ3n) is 3.11. The van der Waals surface area contributed by atoms with Gasteiger partial charge in [0.25, 0.3) is 0 Å². The number of furan rings is 1. The van der Waals surface area contributed by atoms with E-state index in [9.17, 15) is 4.79 Å². The van der Waals surface area contributed by atoms with Gasteiger partial charge in [-0.3, -0.25) is 4.79 Å². The number of rotatable bonds is 6. The zero-order chi connectivity index (χ0) is 15.1. The first-order chi connectivity index (χ1) is 10.2. The molecule has 21 heavy (non-hydrogen) atoms. The van der Waals surface area contributed by atoms with E-state index in [1.165, 1.54) is 0 Å². The van der Waals surface area contributed by atoms with Crippen molar-refractivity contribution in [3.63, 3.8) is 0 Å². The maximum Gasteiger partial charge on any atom is 0.237 e. The Balaban J connectivity index is 1.76. The first-order valence-electron chi connectivity index (χ1n) is 6.71. The van der Waals surface area contributed by atoms with Crippen LogP contribution >= 0.6 is 0 Å². The van der Waals surface area contributed by atoms with Crippen LogP contribution in [-0.4, -0.2) is 11.9 Å². The van der Waals surface area contributed by atoms with Crippen molar-refractivity contribution >= 4 is 5.91 Å². The second-order valence-electron chi connectivity index (χ2n) is 4.71. The number of nitrogens with zero attached hydrogens (tertiary/aromatic N) is 1. The normalized spacial score (nSPS) is 11.6. The van der Waals surface area contributed by atoms with Gasteiger partial charge in [0.15, 0.2) is 0 Å². The maximum absolute atomic E-state index is 11.9. The Morgan fingerprint density at radius 3 is 2.67 bits per heavy atom. The van der Waals surface area contributed by atoms with Gasteiger partial charge in [-0.2, -0.15) is 5.26 Å². The number of carbonyl (C=O) groups is 1. The molecule has 108 valence electrons. The summed E-state index contributed by atoms with van der Waals surface area (Å²) in [4.78, 5) is 11.9. The SMILES string of the molecule is CC(NCc1ccc(C#N)cc1)C(=O)NCc1ccco1. The molecule has 0 saturated heterocycles. The Morgan fingerprint density at radius 2 is 2.05 bits per heavy atom. The highest BCUT2D eigenvalue weighted by atomic mass is 16.3. The Kier molecular flexibility index (Phi) is 5.13. The van der Waals surface area contributed by atoms with Crippen molar-refractivity contribution in [2.75, 3.05) is 0 Å². The van der Waals surface area contributed by atoms with Gasteiger partial charge in [0, 0.05) is 6.54 Å². The van der Waals surface area contributed by atoms with Crippen LogP contribution in [0.2, 0.25) is 0 Å². The zero-order valence-corrected chi connectivity index (χ0v) is 11.8. The molecule has 0 aliphatic rings. The van der Waals surface area contributed by atoms with Crippen molar-refractivity contribution in [2.24, 2.45) is 0 Å². The van der Waals surface area contributed by atoms with Crippen LogP contribution in [0, 0.1) is 11.3 Å². The van der Waals surface area contributed by atoms with Crippen LogP contribution in [-0.2, 0) is 17.9 Å². The quantitative estimate of drug-likeness (QED) is 0.849. The monoisotopic (exact) mass is 283 g/mol. The number of amides is 1. The molecule has 0 saturated carbocycles. The second-order valence-corrected chi connectivity index (χ2v) is 4.71. The predicted molar refractivity (Wildman–Crippen MR) is 78.0 cm³/mol. The van der Waals surface area contributed by atoms with Crippen molar-refractivity contribution in [1.29, 1.82) is 5.26 Å². The molecule has 1 amide bonds. The third-order valence-corrected chi connectivity index (χ3v) is 3.11. The van der Waals surface area contributed by atoms with Crippen LogP contribution < -0.4 is 10.6 Å². The lowest BCUT2D eigenvalue weighted by atomic mass is 10.1. The molecule has 2 N–H and O–H groups in total. The van der Waals surface area contributed by atoms with Crippen LogP contribution in [0.15, 0.2) is 47.1 Å². The summed E-state index contributed by atoms with van der Waals surface area (Å²) in [6.45, 7) is 2.76. The summed E-state index contributed by atoms with van der Waals surface area (Å²) >= 11 is 0. The zero-order valence-electron chi connectivity index (χ0n) is 11.8. The van der Waals surface area contributed by atoms with Crippen molar-refractivity contribution in [1.82, 2.24) is 10.6 Å². The van der Waals surface area contributed by atoms with Gasteiger partial charge in [-0.15, -0.1) is 0 Å². The summed E-state index contributed by atoms with van der Waals surface area (Å²) in [5.41, 5.74) is 1.66. The van der Waals surface area contributed by atoms with E-state index in [0.29, 0.717) is 18.7 Å². The molecule has 5 heteroatoms. The number of hydrogen-bond acceptors (Lipinski definition) is 4. The molecule has 0 aliphatic carbocycles. The fourth-order valence-corrected chi connectivity index (χ4v) is 1.80. The van der Waals surface area contributed by atoms with Gasteiger partial charge < -0.3 is 15.1 Å². The first-order valence-corrected chi connectivity index (χ1v) is 6.71. The summed E-state index contributed by atoms with van der Waals surface area (Å²) in [5.74, 6) is 0.641. The van der Waals surface area contributed by atoms with E-state index in [1.807, 2.05) is 18.2 Å². The Hall–Kier alpha value is -2.58. The molecule has 0 spiro atoms. The average molecular weight is 283 g/mol. The molecule has 0 radical (unpaired) electrons. The number of nitriles is 1. The van der Waals surface area contributed by atoms with E-state index in [-0.39, 0.29) is 11.9 Å². The summed E-state index contributed by atoms with van der Waals surface area (Å²) in [5, 5.41) is 14.7. The molecule has 2 aromatic rings. The maximum atomic E-state index is 11.9. The minimum absolute atomic E-state index is 0.0833. The van der Waals surface area contributed by atoms with E-state index in [4.69, 9.17) is 9.68 Å². The number of nitrogens with one attached hydrogen (secondary N) is 2. The van der Waals surface area contributed by atoms with Crippen LogP contribution in [0.25, 0.3) is 0 Å². The minimum atomic E-state index is -0.310. The van der Waals surface area contributed by atoms with Crippen molar-refractivity contribution in [3.05, 3.63) is 59.5 Å². The van der Waals surface area contributed by atoms with Gasteiger partial charge in [0.1, 0.15) is 5.76 Å². The van der Waals surface area contributed by atoms with Crippen LogP contribution in [0.5, 0.6) is 0 Å². The topological polar surface area (TPSA) is 78.1 Å². The van der Waals surface area contributed by atoms with Crippen molar-refractivity contribution < 1.29 is 9.21 Å². The molecule has 2 rings (SSSR count). The summed E-state index contributed by atoms with van der Waals surface area (Å²) in [7, 11) is 0. The van der Waals surface area contributed by atoms with Gasteiger partial charge in [0.05, 0.1) is 30.5 Å². The molecule has 1 aromatic carbocycles. The lowest BCUT2D eigenvalue weighted by Crippen LogP contribution is -2.41. The van der Waals surface area contributed by atoms with E-state index < -0.39 is 0 Å². The summed E-state index contributed by atoms with van der Waals surface area (Å²) < 4.78 is 5.15. The highest BCUT2D eigenvalue weighted by Gasteiger charge is 2.12. The molecule has 0 aliphatic heterocycles. The summed E-state index contributed by atoms with van der Waals surface area (Å²) in [6, 6.07) is 12.6. The summed E-state index contributed by atoms with van der Waals surface area (Å²) in [6.07, 6.45) is 1.58. The van der Waals surface area contributed by atoms with Crippen LogP contribution in [0.4, 0.5) is 0 Å². The largest absolute Gasteiger partial charge is 0.467 e. The van der Waals surface area contributed by atoms with Crippen LogP contribution in [0.1, 0.15) is 23.8 Å². The van der Waals surface area contributed by atoms with Crippen molar-refractivity contribution in [3.8, 4) is 6.07 Å². The lowest BCUT2D eigenvalue weighted by molar-refractivity contribution is -0.123. The van der Waals surface area contributed by atoms with E-state index in [1.54, 1.807) is 31.4 Å². The molecule has 1 aromatic heterocycles. The van der Waals surface area contributed by atoms with Gasteiger partial charge in [-0.25, -0.2) is 0 Å². The fourth-order valence-electron chi connectivity index (χ4n) is 1.80. The molecular weight excluding hydrogens is 266 g/mol. The smallest absolute Gasteiger partial charge is 0.237 e. The Labute approximate surface area is 123 Å². The highest BCUT2D eigenvalue weighted by molar-refractivity contribution is 5.81. The fraction of sp³-hybridized carbons (Fsp3) is 0.250. The Bertz CT molecular complexity index is 612. The van der Waals surface area contributed by atoms with Gasteiger partial charge in [0.2, 0.25) is 5.91 Å². The second kappa shape index (κ2) is 7.27. The van der Waals surface area contributed by atoms with E-state index in [2.05, 4.69) is 16.7 Å². The molecule has 1 heterocycles. The molecule has 1 unspecified atom stereocenters. The first kappa shape index (κ1) is 14.8. The van der Waals surface area contributed by atoms with Crippen molar-refractivity contribution in [2.45, 2.75) is 26.1 Å². The highest BCUT2D eigenvalue weighted by Crippen LogP contribution is 2.03. The minimum Gasteiger partial charge on any atom is -0.467 e. The third kappa shape index (κ3) is 4.48. The standard InChI is InChI=1S/C16H17N3O2/c1-12(16(20)19-11-15-3-2-8-21-15)18-10-14-6-4-13(9-17)5-7-14/h2-8,12,18H,10-11H2,1H3,(H,19,20). The lowest BCUT2D eigenvalue weighted by Gasteiger charge is -2.13. The molecule has 1 atom stereocenters.